The second-order valence-corrected chi connectivity index (χ2v) is 23.8. The van der Waals surface area contributed by atoms with Crippen LogP contribution >= 0.6 is 15.6 Å². The van der Waals surface area contributed by atoms with Gasteiger partial charge in [0.1, 0.15) is 0 Å². The molecule has 0 amide bonds. The maximum absolute atomic E-state index is 10.9. The molecule has 0 aromatic rings. The number of quaternary nitrogens is 3. The highest BCUT2D eigenvalue weighted by Gasteiger charge is 2.27. The van der Waals surface area contributed by atoms with E-state index in [9.17, 15) is 23.8 Å². The average Bonchev–Trinajstić information content (AvgIpc) is 3.32. The van der Waals surface area contributed by atoms with Crippen LogP contribution in [0.25, 0.3) is 0 Å². The van der Waals surface area contributed by atoms with Crippen LogP contribution in [0.4, 0.5) is 0 Å². The molecule has 10 nitrogen and oxygen atoms in total. The van der Waals surface area contributed by atoms with Gasteiger partial charge in [0, 0.05) is 0 Å². The molecule has 0 saturated heterocycles. The Hall–Kier alpha value is -0.380. The minimum atomic E-state index is -5.61. The second kappa shape index (κ2) is 50.8. The van der Waals surface area contributed by atoms with Gasteiger partial charge in [0.25, 0.3) is 7.82 Å². The van der Waals surface area contributed by atoms with Gasteiger partial charge in [-0.15, -0.1) is 0 Å². The molecule has 0 aromatic heterocycles. The Morgan fingerprint density at radius 1 is 0.386 bits per heavy atom. The molecule has 0 spiro atoms. The Bertz CT molecular complexity index is 1070. The Kier molecular flexibility index (Phi) is 55.2. The van der Waals surface area contributed by atoms with Crippen molar-refractivity contribution < 1.29 is 46.1 Å². The summed E-state index contributed by atoms with van der Waals surface area (Å²) < 4.78 is 32.8. The fourth-order valence-corrected chi connectivity index (χ4v) is 10.5. The fourth-order valence-electron chi connectivity index (χ4n) is 9.04. The highest BCUT2D eigenvalue weighted by molar-refractivity contribution is 7.58. The zero-order valence-electron chi connectivity index (χ0n) is 49.8. The largest absolute Gasteiger partial charge is 0.790 e. The van der Waals surface area contributed by atoms with Crippen LogP contribution in [0.15, 0.2) is 23.3 Å². The first-order valence-corrected chi connectivity index (χ1v) is 32.7. The van der Waals surface area contributed by atoms with Gasteiger partial charge in [-0.1, -0.05) is 183 Å². The summed E-state index contributed by atoms with van der Waals surface area (Å²) in [4.78, 5) is 31.2. The third-order valence-electron chi connectivity index (χ3n) is 13.8. The van der Waals surface area contributed by atoms with Crippen LogP contribution in [0, 0.1) is 0 Å². The Labute approximate surface area is 439 Å². The van der Waals surface area contributed by atoms with Crippen molar-refractivity contribution in [1.29, 1.82) is 0 Å². The summed E-state index contributed by atoms with van der Waals surface area (Å²) in [7, 11) is -10.7. The molecule has 1 unspecified atom stereocenters. The fraction of sp³-hybridized carbons (Fsp3) is 0.931. The normalized spacial score (nSPS) is 13.1. The number of unbranched alkanes of at least 4 members (excludes halogenated alkanes) is 12. The van der Waals surface area contributed by atoms with Crippen molar-refractivity contribution in [2.45, 2.75) is 271 Å². The molecule has 0 saturated carbocycles. The van der Waals surface area contributed by atoms with Crippen LogP contribution in [0.3, 0.4) is 0 Å². The van der Waals surface area contributed by atoms with Gasteiger partial charge < -0.3 is 37.2 Å². The molecule has 0 fully saturated rings. The molecule has 0 aliphatic heterocycles. The third-order valence-corrected chi connectivity index (χ3v) is 15.9. The Balaban J connectivity index is -0.000000415. The number of phosphoric ester groups is 1. The van der Waals surface area contributed by atoms with Gasteiger partial charge in [0.05, 0.1) is 93.0 Å². The summed E-state index contributed by atoms with van der Waals surface area (Å²) in [6.07, 6.45) is 38.2. The quantitative estimate of drug-likeness (QED) is 0.0338. The first kappa shape index (κ1) is 76.1. The lowest BCUT2D eigenvalue weighted by Gasteiger charge is -2.39. The number of rotatable bonds is 44. The van der Waals surface area contributed by atoms with Crippen molar-refractivity contribution in [1.82, 2.24) is 0 Å². The van der Waals surface area contributed by atoms with Crippen LogP contribution in [-0.2, 0) is 18.0 Å². The molecule has 0 rings (SSSR count). The molecule has 70 heavy (non-hydrogen) atoms. The SMILES string of the molecule is CC(C)=CCC/C(C)=C/COP(=O)([O-])OP(=O)([O-])[O-].CCCC[N+](CCCC)(CCCC)CCCC.CCCC[N+](CCCC)(CCCC)CCCC.CCCC[N+](CCCC)(CCCC)CCCC. The van der Waals surface area contributed by atoms with Crippen LogP contribution < -0.4 is 14.7 Å². The van der Waals surface area contributed by atoms with Gasteiger partial charge in [-0.25, -0.2) is 0 Å². The predicted molar refractivity (Wildman–Crippen MR) is 303 cm³/mol. The van der Waals surface area contributed by atoms with E-state index in [0.29, 0.717) is 0 Å². The van der Waals surface area contributed by atoms with E-state index in [1.807, 2.05) is 19.9 Å². The number of nitrogens with zero attached hydrogens (tertiary/aromatic N) is 3. The van der Waals surface area contributed by atoms with E-state index >= 15 is 0 Å². The topological polar surface area (TPSA) is 122 Å². The van der Waals surface area contributed by atoms with Gasteiger partial charge >= 0.3 is 0 Å². The van der Waals surface area contributed by atoms with E-state index in [0.717, 1.165) is 18.4 Å². The number of hydrogen-bond acceptors (Lipinski definition) is 7. The molecular weight excluding hydrogens is 913 g/mol. The number of hydrogen-bond donors (Lipinski definition) is 0. The van der Waals surface area contributed by atoms with Gasteiger partial charge in [0.15, 0.2) is 0 Å². The molecular formula is C58H125N3O7P2. The lowest BCUT2D eigenvalue weighted by atomic mass is 10.1. The number of allylic oxidation sites excluding steroid dienone is 3. The summed E-state index contributed by atoms with van der Waals surface area (Å²) in [5.41, 5.74) is 2.06. The van der Waals surface area contributed by atoms with Crippen LogP contribution in [0.1, 0.15) is 271 Å². The molecule has 424 valence electrons. The van der Waals surface area contributed by atoms with Crippen molar-refractivity contribution in [2.75, 3.05) is 85.1 Å². The van der Waals surface area contributed by atoms with Crippen molar-refractivity contribution >= 4 is 15.6 Å². The smallest absolute Gasteiger partial charge is 0.272 e. The van der Waals surface area contributed by atoms with Gasteiger partial charge in [0.2, 0.25) is 0 Å². The van der Waals surface area contributed by atoms with E-state index < -0.39 is 15.6 Å². The average molecular weight is 1040 g/mol. The van der Waals surface area contributed by atoms with E-state index in [-0.39, 0.29) is 6.61 Å². The maximum atomic E-state index is 10.9. The lowest BCUT2D eigenvalue weighted by Crippen LogP contribution is -2.50. The minimum absolute atomic E-state index is 0.374. The Morgan fingerprint density at radius 3 is 0.771 bits per heavy atom. The maximum Gasteiger partial charge on any atom is 0.272 e. The van der Waals surface area contributed by atoms with Crippen molar-refractivity contribution in [2.24, 2.45) is 0 Å². The van der Waals surface area contributed by atoms with Crippen molar-refractivity contribution in [3.05, 3.63) is 23.3 Å². The summed E-state index contributed by atoms with van der Waals surface area (Å²) in [6.45, 7) is 50.4. The van der Waals surface area contributed by atoms with E-state index in [1.54, 1.807) is 6.92 Å². The zero-order valence-corrected chi connectivity index (χ0v) is 51.6. The summed E-state index contributed by atoms with van der Waals surface area (Å²) >= 11 is 0. The third kappa shape index (κ3) is 48.6. The van der Waals surface area contributed by atoms with Crippen LogP contribution in [0.5, 0.6) is 0 Å². The summed E-state index contributed by atoms with van der Waals surface area (Å²) in [5, 5.41) is 0. The number of phosphoric acid groups is 2. The highest BCUT2D eigenvalue weighted by Crippen LogP contribution is 2.50. The molecule has 0 aromatic carbocycles. The second-order valence-electron chi connectivity index (χ2n) is 21.1. The lowest BCUT2D eigenvalue weighted by molar-refractivity contribution is -0.929. The highest BCUT2D eigenvalue weighted by atomic mass is 31.3. The van der Waals surface area contributed by atoms with Gasteiger partial charge in [-0.05, 0) is 111 Å². The van der Waals surface area contributed by atoms with E-state index in [2.05, 4.69) is 91.9 Å². The molecule has 0 bridgehead atoms. The predicted octanol–water partition coefficient (Wildman–Crippen LogP) is 16.0. The molecule has 0 aliphatic carbocycles. The molecule has 0 heterocycles. The first-order chi connectivity index (χ1) is 33.2. The van der Waals surface area contributed by atoms with E-state index in [1.165, 1.54) is 258 Å². The first-order valence-electron chi connectivity index (χ1n) is 29.8. The standard InChI is InChI=1S/3C16H36N.C10H20O7P2/c3*1-5-9-13-17(14-10-6-2,15-11-7-3)16-12-8-4;1-9(2)5-4-6-10(3)7-8-16-19(14,15)17-18(11,12)13/h3*5-16H2,1-4H3;5,7H,4,6,8H2,1-3H3,(H,14,15)(H2,11,12,13)/q3*+1;/p-3/b;;;10-7+. The Morgan fingerprint density at radius 2 is 0.600 bits per heavy atom. The van der Waals surface area contributed by atoms with E-state index in [4.69, 9.17) is 0 Å². The monoisotopic (exact) mass is 1040 g/mol. The molecule has 0 radical (unpaired) electrons. The van der Waals surface area contributed by atoms with Crippen molar-refractivity contribution in [3.8, 4) is 0 Å². The minimum Gasteiger partial charge on any atom is -0.790 e. The summed E-state index contributed by atoms with van der Waals surface area (Å²) in [5.74, 6) is 0. The van der Waals surface area contributed by atoms with Gasteiger partial charge in [-0.2, -0.15) is 0 Å². The van der Waals surface area contributed by atoms with Crippen molar-refractivity contribution in [3.63, 3.8) is 0 Å². The molecule has 0 N–H and O–H groups in total. The summed E-state index contributed by atoms with van der Waals surface area (Å²) in [6, 6.07) is 0. The van der Waals surface area contributed by atoms with Crippen LogP contribution in [-0.4, -0.2) is 98.6 Å². The van der Waals surface area contributed by atoms with Crippen LogP contribution in [0.2, 0.25) is 0 Å². The zero-order chi connectivity index (χ0) is 54.1. The molecule has 1 atom stereocenters. The van der Waals surface area contributed by atoms with Gasteiger partial charge in [-0.3, -0.25) is 8.88 Å². The molecule has 12 heteroatoms. The molecule has 0 aliphatic rings.